The van der Waals surface area contributed by atoms with Crippen LogP contribution in [0.15, 0.2) is 30.5 Å². The number of likely N-dealkylation sites (tertiary alicyclic amines) is 1. The molecule has 0 radical (unpaired) electrons. The van der Waals surface area contributed by atoms with E-state index in [-0.39, 0.29) is 11.7 Å². The largest absolute Gasteiger partial charge is 0.507 e. The summed E-state index contributed by atoms with van der Waals surface area (Å²) in [6.45, 7) is 4.09. The molecule has 3 heterocycles. The third-order valence-corrected chi connectivity index (χ3v) is 5.05. The Kier molecular flexibility index (Phi) is 4.28. The highest BCUT2D eigenvalue weighted by Crippen LogP contribution is 2.34. The van der Waals surface area contributed by atoms with Crippen molar-refractivity contribution in [1.82, 2.24) is 19.7 Å². The molecular weight excluding hydrogens is 352 g/mol. The maximum absolute atomic E-state index is 11.7. The molecule has 0 atom stereocenters. The summed E-state index contributed by atoms with van der Waals surface area (Å²) >= 11 is 5.98. The molecule has 0 unspecified atom stereocenters. The van der Waals surface area contributed by atoms with Gasteiger partial charge in [0.25, 0.3) is 0 Å². The number of fused-ring (bicyclic) bond motifs is 1. The highest BCUT2D eigenvalue weighted by molar-refractivity contribution is 6.31. The molecule has 4 rings (SSSR count). The van der Waals surface area contributed by atoms with E-state index in [4.69, 9.17) is 11.6 Å². The van der Waals surface area contributed by atoms with Gasteiger partial charge in [-0.25, -0.2) is 0 Å². The van der Waals surface area contributed by atoms with Crippen LogP contribution in [0.3, 0.4) is 0 Å². The standard InChI is InChI=1S/C19H19ClN4O2/c1-12-9-14(20)11-16(25)18(12)15-10-13-4-6-24(19(13)22-21-15)8-7-23-5-2-3-17(23)26/h4,6,9-11,25H,2-3,5,7-8H2,1H3. The number of nitrogens with zero attached hydrogens (tertiary/aromatic N) is 4. The Hall–Kier alpha value is -2.60. The predicted octanol–water partition coefficient (Wildman–Crippen LogP) is 3.39. The van der Waals surface area contributed by atoms with Gasteiger partial charge in [-0.15, -0.1) is 10.2 Å². The van der Waals surface area contributed by atoms with E-state index in [1.165, 1.54) is 6.07 Å². The molecule has 0 saturated carbocycles. The van der Waals surface area contributed by atoms with Gasteiger partial charge in [-0.1, -0.05) is 11.6 Å². The van der Waals surface area contributed by atoms with E-state index >= 15 is 0 Å². The van der Waals surface area contributed by atoms with E-state index in [0.717, 1.165) is 29.6 Å². The third kappa shape index (κ3) is 3.01. The minimum absolute atomic E-state index is 0.0932. The number of amides is 1. The van der Waals surface area contributed by atoms with E-state index in [9.17, 15) is 9.90 Å². The van der Waals surface area contributed by atoms with Gasteiger partial charge in [-0.2, -0.15) is 0 Å². The number of carbonyl (C=O) groups excluding carboxylic acids is 1. The van der Waals surface area contributed by atoms with E-state index in [2.05, 4.69) is 10.2 Å². The molecule has 1 aromatic carbocycles. The summed E-state index contributed by atoms with van der Waals surface area (Å²) in [5.41, 5.74) is 2.86. The zero-order valence-corrected chi connectivity index (χ0v) is 15.2. The molecule has 2 aromatic heterocycles. The van der Waals surface area contributed by atoms with Gasteiger partial charge in [0, 0.05) is 48.2 Å². The molecule has 3 aromatic rings. The number of phenolic OH excluding ortho intramolecular Hbond substituents is 1. The van der Waals surface area contributed by atoms with Crippen LogP contribution in [0.1, 0.15) is 18.4 Å². The topological polar surface area (TPSA) is 71.2 Å². The first kappa shape index (κ1) is 16.8. The van der Waals surface area contributed by atoms with Gasteiger partial charge in [0.05, 0.1) is 5.69 Å². The monoisotopic (exact) mass is 370 g/mol. The van der Waals surface area contributed by atoms with Gasteiger partial charge in [0.1, 0.15) is 5.75 Å². The molecule has 1 aliphatic heterocycles. The van der Waals surface area contributed by atoms with Crippen LogP contribution >= 0.6 is 11.6 Å². The van der Waals surface area contributed by atoms with E-state index in [1.54, 1.807) is 6.07 Å². The van der Waals surface area contributed by atoms with Crippen molar-refractivity contribution < 1.29 is 9.90 Å². The van der Waals surface area contributed by atoms with Crippen molar-refractivity contribution in [2.24, 2.45) is 0 Å². The molecule has 26 heavy (non-hydrogen) atoms. The molecule has 1 amide bonds. The van der Waals surface area contributed by atoms with Crippen molar-refractivity contribution in [2.75, 3.05) is 13.1 Å². The summed E-state index contributed by atoms with van der Waals surface area (Å²) in [6.07, 6.45) is 3.55. The van der Waals surface area contributed by atoms with Crippen LogP contribution in [0.2, 0.25) is 5.02 Å². The van der Waals surface area contributed by atoms with Crippen molar-refractivity contribution in [3.63, 3.8) is 0 Å². The lowest BCUT2D eigenvalue weighted by molar-refractivity contribution is -0.127. The highest BCUT2D eigenvalue weighted by atomic mass is 35.5. The van der Waals surface area contributed by atoms with Crippen LogP contribution in [0.5, 0.6) is 5.75 Å². The molecule has 6 nitrogen and oxygen atoms in total. The fraction of sp³-hybridized carbons (Fsp3) is 0.316. The molecule has 1 aliphatic rings. The average Bonchev–Trinajstić information content (AvgIpc) is 3.17. The summed E-state index contributed by atoms with van der Waals surface area (Å²) < 4.78 is 2.01. The lowest BCUT2D eigenvalue weighted by atomic mass is 10.0. The van der Waals surface area contributed by atoms with Crippen molar-refractivity contribution in [3.05, 3.63) is 41.0 Å². The number of phenols is 1. The van der Waals surface area contributed by atoms with Gasteiger partial charge >= 0.3 is 0 Å². The summed E-state index contributed by atoms with van der Waals surface area (Å²) in [5.74, 6) is 0.319. The molecule has 1 fully saturated rings. The number of hydrogen-bond donors (Lipinski definition) is 1. The molecule has 0 bridgehead atoms. The van der Waals surface area contributed by atoms with Crippen LogP contribution in [-0.2, 0) is 11.3 Å². The fourth-order valence-corrected chi connectivity index (χ4v) is 3.78. The minimum atomic E-state index is 0.0932. The van der Waals surface area contributed by atoms with Gasteiger partial charge in [-0.3, -0.25) is 4.79 Å². The van der Waals surface area contributed by atoms with Gasteiger partial charge < -0.3 is 14.6 Å². The number of hydrogen-bond acceptors (Lipinski definition) is 4. The Balaban J connectivity index is 1.62. The maximum atomic E-state index is 11.7. The molecule has 7 heteroatoms. The Morgan fingerprint density at radius 2 is 2.08 bits per heavy atom. The first-order valence-electron chi connectivity index (χ1n) is 8.63. The first-order chi connectivity index (χ1) is 12.5. The zero-order valence-electron chi connectivity index (χ0n) is 14.4. The average molecular weight is 371 g/mol. The Morgan fingerprint density at radius 1 is 1.23 bits per heavy atom. The first-order valence-corrected chi connectivity index (χ1v) is 9.00. The number of aromatic nitrogens is 3. The molecule has 0 spiro atoms. The number of rotatable bonds is 4. The summed E-state index contributed by atoms with van der Waals surface area (Å²) in [5, 5.41) is 20.3. The molecule has 1 N–H and O–H groups in total. The van der Waals surface area contributed by atoms with E-state index in [0.29, 0.717) is 35.8 Å². The van der Waals surface area contributed by atoms with E-state index < -0.39 is 0 Å². The second-order valence-electron chi connectivity index (χ2n) is 6.62. The number of aromatic hydroxyl groups is 1. The van der Waals surface area contributed by atoms with Crippen molar-refractivity contribution in [2.45, 2.75) is 26.3 Å². The predicted molar refractivity (Wildman–Crippen MR) is 100 cm³/mol. The Morgan fingerprint density at radius 3 is 2.81 bits per heavy atom. The normalized spacial score (nSPS) is 14.5. The van der Waals surface area contributed by atoms with Crippen LogP contribution < -0.4 is 0 Å². The number of halogens is 1. The second-order valence-corrected chi connectivity index (χ2v) is 7.06. The summed E-state index contributed by atoms with van der Waals surface area (Å²) in [6, 6.07) is 7.19. The van der Waals surface area contributed by atoms with Crippen LogP contribution in [0, 0.1) is 6.92 Å². The van der Waals surface area contributed by atoms with Crippen molar-refractivity contribution in [3.8, 4) is 17.0 Å². The minimum Gasteiger partial charge on any atom is -0.507 e. The SMILES string of the molecule is Cc1cc(Cl)cc(O)c1-c1cc2ccn(CCN3CCCC3=O)c2nn1. The molecule has 1 saturated heterocycles. The maximum Gasteiger partial charge on any atom is 0.222 e. The van der Waals surface area contributed by atoms with Crippen LogP contribution in [0.4, 0.5) is 0 Å². The molecular formula is C19H19ClN4O2. The fourth-order valence-electron chi connectivity index (χ4n) is 3.52. The lowest BCUT2D eigenvalue weighted by Crippen LogP contribution is -2.28. The van der Waals surface area contributed by atoms with Crippen LogP contribution in [-0.4, -0.2) is 43.8 Å². The van der Waals surface area contributed by atoms with E-state index in [1.807, 2.05) is 34.7 Å². The molecule has 0 aliphatic carbocycles. The smallest absolute Gasteiger partial charge is 0.222 e. The second kappa shape index (κ2) is 6.61. The quantitative estimate of drug-likeness (QED) is 0.764. The van der Waals surface area contributed by atoms with Gasteiger partial charge in [-0.05, 0) is 43.2 Å². The number of aryl methyl sites for hydroxylation is 1. The van der Waals surface area contributed by atoms with Crippen molar-refractivity contribution >= 4 is 28.5 Å². The Labute approximate surface area is 156 Å². The van der Waals surface area contributed by atoms with Gasteiger partial charge in [0.2, 0.25) is 5.91 Å². The number of benzene rings is 1. The highest BCUT2D eigenvalue weighted by Gasteiger charge is 2.20. The third-order valence-electron chi connectivity index (χ3n) is 4.83. The Bertz CT molecular complexity index is 975. The van der Waals surface area contributed by atoms with Crippen LogP contribution in [0.25, 0.3) is 22.3 Å². The van der Waals surface area contributed by atoms with Gasteiger partial charge in [0.15, 0.2) is 5.65 Å². The summed E-state index contributed by atoms with van der Waals surface area (Å²) in [4.78, 5) is 13.6. The summed E-state index contributed by atoms with van der Waals surface area (Å²) in [7, 11) is 0. The lowest BCUT2D eigenvalue weighted by Gasteiger charge is -2.15. The molecule has 134 valence electrons. The number of carbonyl (C=O) groups is 1. The van der Waals surface area contributed by atoms with Crippen molar-refractivity contribution in [1.29, 1.82) is 0 Å². The zero-order chi connectivity index (χ0) is 18.3.